The molecule has 0 heterocycles. The molecule has 0 radical (unpaired) electrons. The first kappa shape index (κ1) is 20.3. The number of amides is 1. The lowest BCUT2D eigenvalue weighted by molar-refractivity contribution is -0.122. The lowest BCUT2D eigenvalue weighted by Crippen LogP contribution is -2.30. The van der Waals surface area contributed by atoms with E-state index in [1.807, 2.05) is 13.8 Å². The summed E-state index contributed by atoms with van der Waals surface area (Å²) < 4.78 is 16.7. The molecule has 0 aliphatic carbocycles. The van der Waals surface area contributed by atoms with Gasteiger partial charge in [-0.2, -0.15) is 0 Å². The Kier molecular flexibility index (Phi) is 7.23. The van der Waals surface area contributed by atoms with Crippen molar-refractivity contribution in [1.82, 2.24) is 0 Å². The topological polar surface area (TPSA) is 73.9 Å². The van der Waals surface area contributed by atoms with Crippen LogP contribution in [0.3, 0.4) is 0 Å². The van der Waals surface area contributed by atoms with Crippen LogP contribution in [-0.2, 0) is 4.79 Å². The maximum absolute atomic E-state index is 12.4. The molecule has 1 unspecified atom stereocenters. The monoisotopic (exact) mass is 371 g/mol. The summed E-state index contributed by atoms with van der Waals surface area (Å²) in [6.07, 6.45) is -0.741. The van der Waals surface area contributed by atoms with Gasteiger partial charge in [0.05, 0.1) is 13.2 Å². The fourth-order valence-electron chi connectivity index (χ4n) is 2.42. The Morgan fingerprint density at radius 2 is 1.70 bits per heavy atom. The molecule has 1 N–H and O–H groups in total. The molecular weight excluding hydrogens is 346 g/mol. The summed E-state index contributed by atoms with van der Waals surface area (Å²) in [6, 6.07) is 12.0. The minimum Gasteiger partial charge on any atom is -0.490 e. The van der Waals surface area contributed by atoms with E-state index in [-0.39, 0.29) is 11.7 Å². The van der Waals surface area contributed by atoms with Gasteiger partial charge in [0.1, 0.15) is 5.75 Å². The van der Waals surface area contributed by atoms with Gasteiger partial charge in [0.2, 0.25) is 0 Å². The summed E-state index contributed by atoms with van der Waals surface area (Å²) in [5.41, 5.74) is 1.12. The molecule has 0 saturated heterocycles. The maximum atomic E-state index is 12.4. The highest BCUT2D eigenvalue weighted by atomic mass is 16.5. The summed E-state index contributed by atoms with van der Waals surface area (Å²) in [7, 11) is 0. The molecule has 6 heteroatoms. The van der Waals surface area contributed by atoms with Crippen molar-refractivity contribution in [3.8, 4) is 17.2 Å². The van der Waals surface area contributed by atoms with Crippen LogP contribution in [0, 0.1) is 0 Å². The Balaban J connectivity index is 2.06. The van der Waals surface area contributed by atoms with E-state index >= 15 is 0 Å². The van der Waals surface area contributed by atoms with Crippen molar-refractivity contribution in [2.45, 2.75) is 33.8 Å². The third-order valence-electron chi connectivity index (χ3n) is 3.73. The summed E-state index contributed by atoms with van der Waals surface area (Å²) in [6.45, 7) is 7.92. The van der Waals surface area contributed by atoms with Gasteiger partial charge in [0.25, 0.3) is 5.91 Å². The van der Waals surface area contributed by atoms with Gasteiger partial charge >= 0.3 is 0 Å². The van der Waals surface area contributed by atoms with Gasteiger partial charge in [-0.25, -0.2) is 0 Å². The number of ether oxygens (including phenoxy) is 3. The van der Waals surface area contributed by atoms with Gasteiger partial charge in [0.15, 0.2) is 23.4 Å². The minimum atomic E-state index is -0.741. The molecule has 0 spiro atoms. The molecule has 2 aromatic rings. The maximum Gasteiger partial charge on any atom is 0.265 e. The van der Waals surface area contributed by atoms with Crippen LogP contribution in [0.4, 0.5) is 5.69 Å². The van der Waals surface area contributed by atoms with E-state index in [0.29, 0.717) is 41.7 Å². The Bertz CT molecular complexity index is 803. The number of hydrogen-bond acceptors (Lipinski definition) is 5. The zero-order valence-electron chi connectivity index (χ0n) is 16.1. The quantitative estimate of drug-likeness (QED) is 0.672. The standard InChI is InChI=1S/C21H25NO5/c1-5-25-19-11-10-17(13-20(19)26-6-2)22-21(24)15(4)27-18-9-7-8-16(12-18)14(3)23/h7-13,15H,5-6H2,1-4H3,(H,22,24). The lowest BCUT2D eigenvalue weighted by Gasteiger charge is -2.16. The van der Waals surface area contributed by atoms with Crippen LogP contribution in [0.15, 0.2) is 42.5 Å². The number of carbonyl (C=O) groups excluding carboxylic acids is 2. The number of benzene rings is 2. The lowest BCUT2D eigenvalue weighted by atomic mass is 10.1. The highest BCUT2D eigenvalue weighted by Gasteiger charge is 2.16. The smallest absolute Gasteiger partial charge is 0.265 e. The highest BCUT2D eigenvalue weighted by molar-refractivity contribution is 5.95. The van der Waals surface area contributed by atoms with E-state index in [0.717, 1.165) is 0 Å². The van der Waals surface area contributed by atoms with E-state index in [1.165, 1.54) is 6.92 Å². The molecule has 2 rings (SSSR count). The Morgan fingerprint density at radius 1 is 1.00 bits per heavy atom. The van der Waals surface area contributed by atoms with E-state index in [1.54, 1.807) is 49.4 Å². The first-order valence-electron chi connectivity index (χ1n) is 8.92. The SMILES string of the molecule is CCOc1ccc(NC(=O)C(C)Oc2cccc(C(C)=O)c2)cc1OCC. The van der Waals surface area contributed by atoms with Crippen molar-refractivity contribution in [2.24, 2.45) is 0 Å². The number of anilines is 1. The molecule has 1 atom stereocenters. The summed E-state index contributed by atoms with van der Waals surface area (Å²) in [4.78, 5) is 23.9. The predicted octanol–water partition coefficient (Wildman–Crippen LogP) is 4.09. The molecule has 27 heavy (non-hydrogen) atoms. The summed E-state index contributed by atoms with van der Waals surface area (Å²) >= 11 is 0. The van der Waals surface area contributed by atoms with E-state index in [2.05, 4.69) is 5.32 Å². The predicted molar refractivity (Wildman–Crippen MR) is 104 cm³/mol. The molecule has 144 valence electrons. The van der Waals surface area contributed by atoms with Crippen molar-refractivity contribution in [1.29, 1.82) is 0 Å². The Labute approximate surface area is 159 Å². The first-order valence-corrected chi connectivity index (χ1v) is 8.92. The van der Waals surface area contributed by atoms with E-state index < -0.39 is 6.10 Å². The third-order valence-corrected chi connectivity index (χ3v) is 3.73. The fraction of sp³-hybridized carbons (Fsp3) is 0.333. The van der Waals surface area contributed by atoms with Crippen molar-refractivity contribution >= 4 is 17.4 Å². The number of hydrogen-bond donors (Lipinski definition) is 1. The molecule has 6 nitrogen and oxygen atoms in total. The van der Waals surface area contributed by atoms with E-state index in [4.69, 9.17) is 14.2 Å². The number of ketones is 1. The van der Waals surface area contributed by atoms with Crippen LogP contribution in [0.5, 0.6) is 17.2 Å². The van der Waals surface area contributed by atoms with Gasteiger partial charge in [-0.05, 0) is 52.0 Å². The second-order valence-electron chi connectivity index (χ2n) is 5.86. The number of Topliss-reactive ketones (excluding diaryl/α,β-unsaturated/α-hetero) is 1. The molecule has 0 fully saturated rings. The molecule has 2 aromatic carbocycles. The van der Waals surface area contributed by atoms with Gasteiger partial charge < -0.3 is 19.5 Å². The fourth-order valence-corrected chi connectivity index (χ4v) is 2.42. The average molecular weight is 371 g/mol. The second kappa shape index (κ2) is 9.62. The molecule has 0 aromatic heterocycles. The zero-order valence-corrected chi connectivity index (χ0v) is 16.1. The highest BCUT2D eigenvalue weighted by Crippen LogP contribution is 2.30. The number of nitrogens with one attached hydrogen (secondary N) is 1. The molecule has 1 amide bonds. The van der Waals surface area contributed by atoms with Crippen LogP contribution < -0.4 is 19.5 Å². The first-order chi connectivity index (χ1) is 12.9. The average Bonchev–Trinajstić information content (AvgIpc) is 2.64. The summed E-state index contributed by atoms with van der Waals surface area (Å²) in [5, 5.41) is 2.80. The van der Waals surface area contributed by atoms with Crippen LogP contribution in [-0.4, -0.2) is 31.0 Å². The second-order valence-corrected chi connectivity index (χ2v) is 5.86. The molecule has 0 bridgehead atoms. The normalized spacial score (nSPS) is 11.4. The van der Waals surface area contributed by atoms with Crippen LogP contribution in [0.25, 0.3) is 0 Å². The van der Waals surface area contributed by atoms with Crippen LogP contribution in [0.2, 0.25) is 0 Å². The van der Waals surface area contributed by atoms with Crippen LogP contribution >= 0.6 is 0 Å². The van der Waals surface area contributed by atoms with Gasteiger partial charge in [-0.3, -0.25) is 9.59 Å². The molecular formula is C21H25NO5. The molecule has 0 aliphatic rings. The molecule has 0 saturated carbocycles. The van der Waals surface area contributed by atoms with Gasteiger partial charge in [0, 0.05) is 17.3 Å². The minimum absolute atomic E-state index is 0.0598. The van der Waals surface area contributed by atoms with Crippen molar-refractivity contribution in [3.05, 3.63) is 48.0 Å². The Hall–Kier alpha value is -3.02. The largest absolute Gasteiger partial charge is 0.490 e. The molecule has 0 aliphatic heterocycles. The summed E-state index contributed by atoms with van der Waals surface area (Å²) in [5.74, 6) is 1.29. The van der Waals surface area contributed by atoms with Crippen LogP contribution in [0.1, 0.15) is 38.1 Å². The van der Waals surface area contributed by atoms with Gasteiger partial charge in [-0.15, -0.1) is 0 Å². The number of carbonyl (C=O) groups is 2. The Morgan fingerprint density at radius 3 is 2.37 bits per heavy atom. The van der Waals surface area contributed by atoms with Crippen molar-refractivity contribution in [2.75, 3.05) is 18.5 Å². The van der Waals surface area contributed by atoms with E-state index in [9.17, 15) is 9.59 Å². The number of rotatable bonds is 9. The van der Waals surface area contributed by atoms with Gasteiger partial charge in [-0.1, -0.05) is 12.1 Å². The zero-order chi connectivity index (χ0) is 19.8. The third kappa shape index (κ3) is 5.74. The van der Waals surface area contributed by atoms with Crippen molar-refractivity contribution < 1.29 is 23.8 Å². The van der Waals surface area contributed by atoms with Crippen molar-refractivity contribution in [3.63, 3.8) is 0 Å².